The number of hydrogen-bond donors (Lipinski definition) is 0. The van der Waals surface area contributed by atoms with Gasteiger partial charge < -0.3 is 0 Å². The fourth-order valence-electron chi connectivity index (χ4n) is 3.02. The number of hydrogen-bond acceptors (Lipinski definition) is 4. The van der Waals surface area contributed by atoms with Crippen LogP contribution in [0.25, 0.3) is 16.7 Å². The Labute approximate surface area is 154 Å². The van der Waals surface area contributed by atoms with Crippen molar-refractivity contribution in [3.05, 3.63) is 55.5 Å². The van der Waals surface area contributed by atoms with Gasteiger partial charge in [-0.3, -0.25) is 9.59 Å². The van der Waals surface area contributed by atoms with Crippen LogP contribution in [0.15, 0.2) is 39.1 Å². The summed E-state index contributed by atoms with van der Waals surface area (Å²) >= 11 is 0. The number of benzene rings is 1. The molecule has 0 amide bonds. The molecule has 0 N–H and O–H groups in total. The molecule has 0 atom stereocenters. The molecule has 0 aliphatic rings. The summed E-state index contributed by atoms with van der Waals surface area (Å²) in [5.41, 5.74) is 1.14. The van der Waals surface area contributed by atoms with Crippen LogP contribution in [0.1, 0.15) is 5.56 Å². The van der Waals surface area contributed by atoms with Gasteiger partial charge in [-0.15, -0.1) is 0 Å². The first-order valence-corrected chi connectivity index (χ1v) is 15.4. The molecule has 134 valence electrons. The standard InChI is InChI=1S/C20H22O4Si2/c1-25(2,3)16(12-22)15(11-21)13-7-9-14(10-8-13)17-18(23)19(24)20(17)26(4,5)6/h7-10H,1-6H3. The van der Waals surface area contributed by atoms with Crippen molar-refractivity contribution < 1.29 is 9.59 Å². The second kappa shape index (κ2) is 6.74. The Morgan fingerprint density at radius 2 is 1.35 bits per heavy atom. The van der Waals surface area contributed by atoms with Gasteiger partial charge in [-0.2, -0.15) is 0 Å². The summed E-state index contributed by atoms with van der Waals surface area (Å²) in [5, 5.41) is 1.05. The second-order valence-corrected chi connectivity index (χ2v) is 18.4. The number of rotatable bonds is 5. The maximum absolute atomic E-state index is 12.1. The van der Waals surface area contributed by atoms with E-state index in [0.717, 1.165) is 0 Å². The van der Waals surface area contributed by atoms with E-state index in [-0.39, 0.29) is 11.0 Å². The molecule has 2 rings (SSSR count). The summed E-state index contributed by atoms with van der Waals surface area (Å²) in [5.74, 6) is 3.79. The van der Waals surface area contributed by atoms with Crippen LogP contribution >= 0.6 is 0 Å². The maximum atomic E-state index is 12.1. The largest absolute Gasteiger partial charge is 0.286 e. The molecule has 2 aromatic rings. The Kier molecular flexibility index (Phi) is 5.17. The quantitative estimate of drug-likeness (QED) is 0.344. The molecule has 0 aliphatic heterocycles. The van der Waals surface area contributed by atoms with E-state index in [1.54, 1.807) is 24.3 Å². The van der Waals surface area contributed by atoms with E-state index >= 15 is 0 Å². The summed E-state index contributed by atoms with van der Waals surface area (Å²) in [4.78, 5) is 46.9. The van der Waals surface area contributed by atoms with E-state index in [4.69, 9.17) is 0 Å². The molecule has 0 spiro atoms. The highest BCUT2D eigenvalue weighted by Crippen LogP contribution is 2.28. The molecule has 0 fully saturated rings. The van der Waals surface area contributed by atoms with Gasteiger partial charge in [0, 0.05) is 15.9 Å². The van der Waals surface area contributed by atoms with Gasteiger partial charge in [0.15, 0.2) is 0 Å². The van der Waals surface area contributed by atoms with Crippen molar-refractivity contribution in [1.29, 1.82) is 0 Å². The van der Waals surface area contributed by atoms with Crippen molar-refractivity contribution in [2.75, 3.05) is 0 Å². The maximum Gasteiger partial charge on any atom is 0.233 e. The third kappa shape index (κ3) is 3.45. The summed E-state index contributed by atoms with van der Waals surface area (Å²) in [6.07, 6.45) is 0. The lowest BCUT2D eigenvalue weighted by Gasteiger charge is -2.22. The minimum atomic E-state index is -2.05. The lowest BCUT2D eigenvalue weighted by molar-refractivity contribution is 0.566. The first-order chi connectivity index (χ1) is 11.9. The van der Waals surface area contributed by atoms with E-state index in [1.165, 1.54) is 0 Å². The van der Waals surface area contributed by atoms with Crippen molar-refractivity contribution in [2.24, 2.45) is 0 Å². The van der Waals surface area contributed by atoms with Gasteiger partial charge in [0.2, 0.25) is 10.9 Å². The monoisotopic (exact) mass is 382 g/mol. The third-order valence-electron chi connectivity index (χ3n) is 4.33. The smallest absolute Gasteiger partial charge is 0.233 e. The predicted octanol–water partition coefficient (Wildman–Crippen LogP) is 2.35. The molecule has 6 heteroatoms. The number of allylic oxidation sites excluding steroid dienone is 2. The lowest BCUT2D eigenvalue weighted by atomic mass is 9.98. The van der Waals surface area contributed by atoms with Crippen molar-refractivity contribution in [3.63, 3.8) is 0 Å². The minimum Gasteiger partial charge on any atom is -0.286 e. The zero-order chi connectivity index (χ0) is 19.9. The molecule has 0 radical (unpaired) electrons. The number of carbonyl (C=O) groups excluding carboxylic acids is 2. The van der Waals surface area contributed by atoms with Crippen molar-refractivity contribution in [2.45, 2.75) is 39.3 Å². The van der Waals surface area contributed by atoms with Crippen molar-refractivity contribution in [3.8, 4) is 11.1 Å². The lowest BCUT2D eigenvalue weighted by Crippen LogP contribution is -2.60. The molecule has 0 saturated carbocycles. The first kappa shape index (κ1) is 20.0. The van der Waals surface area contributed by atoms with Crippen LogP contribution in [-0.4, -0.2) is 28.0 Å². The summed E-state index contributed by atoms with van der Waals surface area (Å²) in [6.45, 7) is 12.0. The van der Waals surface area contributed by atoms with Gasteiger partial charge in [-0.1, -0.05) is 63.5 Å². The van der Waals surface area contributed by atoms with Crippen LogP contribution in [0.5, 0.6) is 0 Å². The minimum absolute atomic E-state index is 0.223. The van der Waals surface area contributed by atoms with Gasteiger partial charge in [-0.05, 0) is 11.1 Å². The Morgan fingerprint density at radius 3 is 1.73 bits per heavy atom. The Morgan fingerprint density at radius 1 is 0.808 bits per heavy atom. The highest BCUT2D eigenvalue weighted by molar-refractivity contribution is 6.90. The molecule has 0 heterocycles. The van der Waals surface area contributed by atoms with E-state index in [2.05, 4.69) is 0 Å². The van der Waals surface area contributed by atoms with Crippen molar-refractivity contribution in [1.82, 2.24) is 0 Å². The summed E-state index contributed by atoms with van der Waals surface area (Å²) in [7, 11) is -3.97. The van der Waals surface area contributed by atoms with Gasteiger partial charge in [0.05, 0.1) is 21.7 Å². The molecule has 2 aromatic carbocycles. The topological polar surface area (TPSA) is 68.3 Å². The molecule has 4 nitrogen and oxygen atoms in total. The average Bonchev–Trinajstić information content (AvgIpc) is 2.54. The van der Waals surface area contributed by atoms with E-state index in [9.17, 15) is 19.2 Å². The fourth-order valence-corrected chi connectivity index (χ4v) is 6.07. The molecule has 0 bridgehead atoms. The summed E-state index contributed by atoms with van der Waals surface area (Å²) < 4.78 is 0. The van der Waals surface area contributed by atoms with Crippen LogP contribution in [0.4, 0.5) is 0 Å². The predicted molar refractivity (Wildman–Crippen MR) is 111 cm³/mol. The van der Waals surface area contributed by atoms with E-state index in [0.29, 0.717) is 27.1 Å². The molecule has 0 unspecified atom stereocenters. The molecule has 0 aromatic heterocycles. The van der Waals surface area contributed by atoms with Gasteiger partial charge in [0.1, 0.15) is 11.9 Å². The Bertz CT molecular complexity index is 1030. The van der Waals surface area contributed by atoms with E-state index < -0.39 is 21.6 Å². The van der Waals surface area contributed by atoms with Gasteiger partial charge in [-0.25, -0.2) is 9.59 Å². The van der Waals surface area contributed by atoms with Crippen LogP contribution in [0.3, 0.4) is 0 Å². The highest BCUT2D eigenvalue weighted by Gasteiger charge is 2.32. The van der Waals surface area contributed by atoms with Gasteiger partial charge >= 0.3 is 0 Å². The summed E-state index contributed by atoms with van der Waals surface area (Å²) in [6, 6.07) is 6.83. The zero-order valence-electron chi connectivity index (χ0n) is 15.9. The van der Waals surface area contributed by atoms with Crippen LogP contribution in [-0.2, 0) is 9.59 Å². The molecular formula is C20H22O4Si2. The van der Waals surface area contributed by atoms with Crippen LogP contribution in [0, 0.1) is 0 Å². The van der Waals surface area contributed by atoms with Crippen LogP contribution in [0.2, 0.25) is 39.3 Å². The molecular weight excluding hydrogens is 360 g/mol. The first-order valence-electron chi connectivity index (χ1n) is 8.39. The van der Waals surface area contributed by atoms with Crippen LogP contribution < -0.4 is 16.0 Å². The fraction of sp³-hybridized carbons (Fsp3) is 0.300. The Balaban J connectivity index is 2.53. The molecule has 26 heavy (non-hydrogen) atoms. The Hall–Kier alpha value is -2.37. The normalized spacial score (nSPS) is 11.8. The van der Waals surface area contributed by atoms with Crippen molar-refractivity contribution >= 4 is 38.8 Å². The van der Waals surface area contributed by atoms with Gasteiger partial charge in [0.25, 0.3) is 0 Å². The highest BCUT2D eigenvalue weighted by atomic mass is 28.3. The molecule has 0 aliphatic carbocycles. The average molecular weight is 383 g/mol. The SMILES string of the molecule is C[Si](C)(C)C(=C=O)C(=C=O)c1ccc(-c2c([Si](C)(C)C)c(=O)c2=O)cc1. The second-order valence-electron chi connectivity index (χ2n) is 8.44. The molecule has 0 saturated heterocycles. The third-order valence-corrected chi connectivity index (χ3v) is 8.16. The zero-order valence-corrected chi connectivity index (χ0v) is 17.9. The van der Waals surface area contributed by atoms with E-state index in [1.807, 2.05) is 51.2 Å².